The predicted molar refractivity (Wildman–Crippen MR) is 86.5 cm³/mol. The van der Waals surface area contributed by atoms with Gasteiger partial charge >= 0.3 is 0 Å². The molecule has 0 fully saturated rings. The van der Waals surface area contributed by atoms with Gasteiger partial charge < -0.3 is 11.1 Å². The van der Waals surface area contributed by atoms with Gasteiger partial charge in [-0.2, -0.15) is 0 Å². The molecule has 0 heterocycles. The molecular formula is C14H20N2O3S2. The lowest BCUT2D eigenvalue weighted by Crippen LogP contribution is -2.40. The van der Waals surface area contributed by atoms with Crippen LogP contribution in [-0.2, 0) is 21.2 Å². The maximum Gasteiger partial charge on any atom is 0.230 e. The molecule has 1 aromatic carbocycles. The molecule has 0 spiro atoms. The van der Waals surface area contributed by atoms with Crippen LogP contribution < -0.4 is 11.1 Å². The Hall–Kier alpha value is -1.47. The van der Waals surface area contributed by atoms with E-state index in [1.807, 2.05) is 13.8 Å². The largest absolute Gasteiger partial charge is 0.393 e. The van der Waals surface area contributed by atoms with Crippen molar-refractivity contribution in [2.75, 3.05) is 6.26 Å². The lowest BCUT2D eigenvalue weighted by atomic mass is 9.95. The van der Waals surface area contributed by atoms with Crippen LogP contribution in [0.2, 0.25) is 0 Å². The number of thiocarbonyl (C=S) groups is 1. The Morgan fingerprint density at radius 3 is 2.19 bits per heavy atom. The lowest BCUT2D eigenvalue weighted by molar-refractivity contribution is -0.124. The maximum atomic E-state index is 12.1. The molecule has 0 radical (unpaired) electrons. The highest BCUT2D eigenvalue weighted by Gasteiger charge is 2.24. The average Bonchev–Trinajstić information content (AvgIpc) is 2.35. The molecule has 1 aromatic rings. The minimum Gasteiger partial charge on any atom is -0.393 e. The van der Waals surface area contributed by atoms with Crippen LogP contribution in [0.3, 0.4) is 0 Å². The highest BCUT2D eigenvalue weighted by atomic mass is 32.2. The summed E-state index contributed by atoms with van der Waals surface area (Å²) < 4.78 is 22.7. The third-order valence-electron chi connectivity index (χ3n) is 3.07. The first-order chi connectivity index (χ1) is 9.62. The van der Waals surface area contributed by atoms with E-state index in [0.29, 0.717) is 6.54 Å². The Bertz CT molecular complexity index is 622. The quantitative estimate of drug-likeness (QED) is 0.768. The van der Waals surface area contributed by atoms with Gasteiger partial charge in [-0.1, -0.05) is 38.2 Å². The van der Waals surface area contributed by atoms with Crippen molar-refractivity contribution >= 4 is 33.0 Å². The smallest absolute Gasteiger partial charge is 0.230 e. The van der Waals surface area contributed by atoms with Crippen molar-refractivity contribution in [3.05, 3.63) is 29.8 Å². The van der Waals surface area contributed by atoms with Crippen LogP contribution in [0.5, 0.6) is 0 Å². The van der Waals surface area contributed by atoms with Crippen molar-refractivity contribution in [1.29, 1.82) is 0 Å². The van der Waals surface area contributed by atoms with Gasteiger partial charge in [0, 0.05) is 12.8 Å². The molecule has 0 aliphatic heterocycles. The number of hydrogen-bond acceptors (Lipinski definition) is 4. The number of benzene rings is 1. The first kappa shape index (κ1) is 17.6. The molecule has 0 aliphatic carbocycles. The minimum absolute atomic E-state index is 0.0233. The summed E-state index contributed by atoms with van der Waals surface area (Å²) in [5, 5.41) is 2.76. The van der Waals surface area contributed by atoms with E-state index in [1.165, 1.54) is 12.1 Å². The molecule has 1 amide bonds. The molecule has 1 unspecified atom stereocenters. The number of nitrogens with two attached hydrogens (primary N) is 1. The molecule has 116 valence electrons. The van der Waals surface area contributed by atoms with E-state index in [9.17, 15) is 13.2 Å². The number of carbonyl (C=O) groups excluding carboxylic acids is 1. The van der Waals surface area contributed by atoms with E-state index in [0.717, 1.165) is 11.8 Å². The number of sulfone groups is 1. The Morgan fingerprint density at radius 2 is 1.81 bits per heavy atom. The summed E-state index contributed by atoms with van der Waals surface area (Å²) >= 11 is 4.91. The second-order valence-corrected chi connectivity index (χ2v) is 7.75. The van der Waals surface area contributed by atoms with Crippen molar-refractivity contribution in [1.82, 2.24) is 5.32 Å². The summed E-state index contributed by atoms with van der Waals surface area (Å²) in [6, 6.07) is 6.37. The Morgan fingerprint density at radius 1 is 1.29 bits per heavy atom. The fourth-order valence-electron chi connectivity index (χ4n) is 1.91. The average molecular weight is 328 g/mol. The topological polar surface area (TPSA) is 89.3 Å². The van der Waals surface area contributed by atoms with Crippen molar-refractivity contribution in [2.45, 2.75) is 25.3 Å². The van der Waals surface area contributed by atoms with Gasteiger partial charge in [0.1, 0.15) is 0 Å². The first-order valence-corrected chi connectivity index (χ1v) is 8.79. The van der Waals surface area contributed by atoms with E-state index in [2.05, 4.69) is 5.32 Å². The van der Waals surface area contributed by atoms with Gasteiger partial charge in [-0.3, -0.25) is 4.79 Å². The van der Waals surface area contributed by atoms with Gasteiger partial charge in [-0.05, 0) is 23.6 Å². The zero-order valence-corrected chi connectivity index (χ0v) is 13.9. The first-order valence-electron chi connectivity index (χ1n) is 6.49. The molecule has 0 saturated heterocycles. The third-order valence-corrected chi connectivity index (χ3v) is 4.46. The molecular weight excluding hydrogens is 308 g/mol. The van der Waals surface area contributed by atoms with Crippen LogP contribution in [0, 0.1) is 11.8 Å². The van der Waals surface area contributed by atoms with Gasteiger partial charge in [0.2, 0.25) is 5.91 Å². The van der Waals surface area contributed by atoms with Crippen LogP contribution in [0.1, 0.15) is 19.4 Å². The maximum absolute atomic E-state index is 12.1. The fraction of sp³-hybridized carbons (Fsp3) is 0.429. The fourth-order valence-corrected chi connectivity index (χ4v) is 2.92. The van der Waals surface area contributed by atoms with E-state index in [1.54, 1.807) is 12.1 Å². The number of rotatable bonds is 6. The highest BCUT2D eigenvalue weighted by Crippen LogP contribution is 2.13. The van der Waals surface area contributed by atoms with Crippen molar-refractivity contribution in [3.8, 4) is 0 Å². The third kappa shape index (κ3) is 5.09. The van der Waals surface area contributed by atoms with E-state index in [-0.39, 0.29) is 21.7 Å². The summed E-state index contributed by atoms with van der Waals surface area (Å²) in [6.45, 7) is 4.06. The molecule has 5 nitrogen and oxygen atoms in total. The van der Waals surface area contributed by atoms with Crippen molar-refractivity contribution < 1.29 is 13.2 Å². The number of amides is 1. The molecule has 1 atom stereocenters. The molecule has 0 aliphatic rings. The molecule has 21 heavy (non-hydrogen) atoms. The zero-order chi connectivity index (χ0) is 16.2. The lowest BCUT2D eigenvalue weighted by Gasteiger charge is -2.18. The van der Waals surface area contributed by atoms with Gasteiger partial charge in [-0.15, -0.1) is 0 Å². The highest BCUT2D eigenvalue weighted by molar-refractivity contribution is 7.90. The predicted octanol–water partition coefficient (Wildman–Crippen LogP) is 1.26. The summed E-state index contributed by atoms with van der Waals surface area (Å²) in [5.74, 6) is -0.699. The van der Waals surface area contributed by atoms with Gasteiger partial charge in [0.25, 0.3) is 0 Å². The summed E-state index contributed by atoms with van der Waals surface area (Å²) in [6.07, 6.45) is 1.15. The Labute approximate surface area is 130 Å². The van der Waals surface area contributed by atoms with Crippen LogP contribution in [0.4, 0.5) is 0 Å². The molecule has 0 aromatic heterocycles. The van der Waals surface area contributed by atoms with Gasteiger partial charge in [0.15, 0.2) is 9.84 Å². The SMILES string of the molecule is CC(C)C(C(=O)NCc1ccc(S(C)(=O)=O)cc1)C(N)=S. The molecule has 3 N–H and O–H groups in total. The Balaban J connectivity index is 2.71. The Kier molecular flexibility index (Phi) is 5.86. The van der Waals surface area contributed by atoms with E-state index < -0.39 is 15.8 Å². The van der Waals surface area contributed by atoms with Crippen LogP contribution in [0.15, 0.2) is 29.2 Å². The van der Waals surface area contributed by atoms with E-state index >= 15 is 0 Å². The standard InChI is InChI=1S/C14H20N2O3S2/c1-9(2)12(13(15)20)14(17)16-8-10-4-6-11(7-5-10)21(3,18)19/h4-7,9,12H,8H2,1-3H3,(H2,15,20)(H,16,17). The van der Waals surface area contributed by atoms with Gasteiger partial charge in [-0.25, -0.2) is 8.42 Å². The number of hydrogen-bond donors (Lipinski definition) is 2. The second kappa shape index (κ2) is 7.00. The van der Waals surface area contributed by atoms with Crippen LogP contribution in [-0.4, -0.2) is 25.6 Å². The molecule has 7 heteroatoms. The van der Waals surface area contributed by atoms with E-state index in [4.69, 9.17) is 18.0 Å². The number of nitrogens with one attached hydrogen (secondary N) is 1. The monoisotopic (exact) mass is 328 g/mol. The summed E-state index contributed by atoms with van der Waals surface area (Å²) in [7, 11) is -3.21. The second-order valence-electron chi connectivity index (χ2n) is 5.26. The summed E-state index contributed by atoms with van der Waals surface area (Å²) in [4.78, 5) is 12.5. The minimum atomic E-state index is -3.21. The van der Waals surface area contributed by atoms with Crippen LogP contribution in [0.25, 0.3) is 0 Å². The summed E-state index contributed by atoms with van der Waals surface area (Å²) in [5.41, 5.74) is 6.39. The molecule has 0 saturated carbocycles. The van der Waals surface area contributed by atoms with Crippen molar-refractivity contribution in [2.24, 2.45) is 17.6 Å². The van der Waals surface area contributed by atoms with Gasteiger partial charge in [0.05, 0.1) is 15.8 Å². The van der Waals surface area contributed by atoms with Crippen LogP contribution >= 0.6 is 12.2 Å². The zero-order valence-electron chi connectivity index (χ0n) is 12.3. The molecule has 0 bridgehead atoms. The normalized spacial score (nSPS) is 13.0. The number of carbonyl (C=O) groups is 1. The van der Waals surface area contributed by atoms with Crippen molar-refractivity contribution in [3.63, 3.8) is 0 Å². The molecule has 1 rings (SSSR count).